The van der Waals surface area contributed by atoms with Crippen molar-refractivity contribution >= 4 is 27.7 Å². The molecule has 33 heavy (non-hydrogen) atoms. The van der Waals surface area contributed by atoms with Crippen molar-refractivity contribution in [2.45, 2.75) is 6.04 Å². The number of hydrogen-bond acceptors (Lipinski definition) is 5. The lowest BCUT2D eigenvalue weighted by atomic mass is 9.96. The first-order valence-electron chi connectivity index (χ1n) is 10.8. The molecule has 1 fully saturated rings. The molecule has 1 aromatic heterocycles. The van der Waals surface area contributed by atoms with Gasteiger partial charge in [-0.1, -0.05) is 76.6 Å². The minimum atomic E-state index is -0.268. The number of nitriles is 1. The molecule has 4 rings (SSSR count). The summed E-state index contributed by atoms with van der Waals surface area (Å²) >= 11 is 3.38. The molecule has 3 aromatic rings. The average molecular weight is 502 g/mol. The van der Waals surface area contributed by atoms with Crippen LogP contribution in [0.25, 0.3) is 0 Å². The van der Waals surface area contributed by atoms with Crippen LogP contribution in [0.5, 0.6) is 0 Å². The molecule has 0 saturated carbocycles. The van der Waals surface area contributed by atoms with Gasteiger partial charge in [-0.2, -0.15) is 5.26 Å². The molecule has 0 spiro atoms. The first-order valence-corrected chi connectivity index (χ1v) is 11.6. The maximum Gasteiger partial charge on any atom is 0.266 e. The Morgan fingerprint density at radius 1 is 1.00 bits per heavy atom. The summed E-state index contributed by atoms with van der Waals surface area (Å²) < 4.78 is 0.862. The van der Waals surface area contributed by atoms with E-state index in [2.05, 4.69) is 79.7 Å². The number of aromatic nitrogens is 1. The van der Waals surface area contributed by atoms with Crippen LogP contribution in [0.2, 0.25) is 0 Å². The van der Waals surface area contributed by atoms with Gasteiger partial charge in [-0.25, -0.2) is 4.98 Å². The van der Waals surface area contributed by atoms with E-state index in [4.69, 9.17) is 0 Å². The number of nitrogens with zero attached hydrogens (tertiary/aromatic N) is 4. The average Bonchev–Trinajstić information content (AvgIpc) is 2.86. The van der Waals surface area contributed by atoms with E-state index in [1.807, 2.05) is 24.3 Å². The lowest BCUT2D eigenvalue weighted by Gasteiger charge is -2.39. The predicted octanol–water partition coefficient (Wildman–Crippen LogP) is 4.60. The maximum atomic E-state index is 13.0. The highest BCUT2D eigenvalue weighted by atomic mass is 79.9. The van der Waals surface area contributed by atoms with Crippen LogP contribution in [-0.4, -0.2) is 46.9 Å². The second kappa shape index (κ2) is 10.9. The third kappa shape index (κ3) is 5.67. The molecule has 166 valence electrons. The van der Waals surface area contributed by atoms with E-state index in [1.165, 1.54) is 17.3 Å². The fourth-order valence-electron chi connectivity index (χ4n) is 4.01. The summed E-state index contributed by atoms with van der Waals surface area (Å²) in [7, 11) is 0. The number of amides is 1. The number of rotatable bonds is 6. The van der Waals surface area contributed by atoms with Crippen molar-refractivity contribution in [2.24, 2.45) is 0 Å². The van der Waals surface area contributed by atoms with Crippen molar-refractivity contribution < 1.29 is 4.79 Å². The topological polar surface area (TPSA) is 72.3 Å². The molecule has 1 aliphatic rings. The summed E-state index contributed by atoms with van der Waals surface area (Å²) in [4.78, 5) is 21.3. The van der Waals surface area contributed by atoms with Gasteiger partial charge in [0.25, 0.3) is 5.91 Å². The fraction of sp³-hybridized carbons (Fsp3) is 0.192. The molecule has 0 aliphatic carbocycles. The Kier molecular flexibility index (Phi) is 7.51. The first kappa shape index (κ1) is 22.7. The van der Waals surface area contributed by atoms with E-state index in [0.29, 0.717) is 18.9 Å². The highest BCUT2D eigenvalue weighted by molar-refractivity contribution is 9.10. The van der Waals surface area contributed by atoms with Crippen molar-refractivity contribution in [2.75, 3.05) is 31.5 Å². The number of halogens is 1. The van der Waals surface area contributed by atoms with Crippen LogP contribution in [0.1, 0.15) is 17.2 Å². The predicted molar refractivity (Wildman–Crippen MR) is 132 cm³/mol. The summed E-state index contributed by atoms with van der Waals surface area (Å²) in [5, 5.41) is 12.5. The number of hydrogen-bond donors (Lipinski definition) is 1. The molecule has 0 bridgehead atoms. The molecule has 6 nitrogen and oxygen atoms in total. The molecule has 1 amide bonds. The Balaban J connectivity index is 1.45. The van der Waals surface area contributed by atoms with Crippen LogP contribution in [0.15, 0.2) is 95.2 Å². The number of pyridine rings is 1. The minimum absolute atomic E-state index is 0.0629. The number of anilines is 1. The Morgan fingerprint density at radius 3 is 2.15 bits per heavy atom. The molecule has 0 radical (unpaired) electrons. The summed E-state index contributed by atoms with van der Waals surface area (Å²) in [6.07, 6.45) is 3.07. The molecule has 0 atom stereocenters. The van der Waals surface area contributed by atoms with Gasteiger partial charge in [-0.3, -0.25) is 9.69 Å². The minimum Gasteiger partial charge on any atom is -0.345 e. The van der Waals surface area contributed by atoms with Gasteiger partial charge >= 0.3 is 0 Å². The smallest absolute Gasteiger partial charge is 0.266 e. The number of piperazine rings is 1. The molecular formula is C26H24BrN5O. The monoisotopic (exact) mass is 501 g/mol. The molecule has 1 N–H and O–H groups in total. The highest BCUT2D eigenvalue weighted by Crippen LogP contribution is 2.29. The molecular weight excluding hydrogens is 478 g/mol. The molecule has 2 aromatic carbocycles. The van der Waals surface area contributed by atoms with Gasteiger partial charge in [0, 0.05) is 43.0 Å². The van der Waals surface area contributed by atoms with E-state index < -0.39 is 0 Å². The van der Waals surface area contributed by atoms with Crippen molar-refractivity contribution in [3.05, 3.63) is 106 Å². The van der Waals surface area contributed by atoms with Gasteiger partial charge in [0.15, 0.2) is 0 Å². The Bertz CT molecular complexity index is 1110. The Morgan fingerprint density at radius 2 is 1.61 bits per heavy atom. The van der Waals surface area contributed by atoms with E-state index in [9.17, 15) is 10.1 Å². The van der Waals surface area contributed by atoms with Crippen molar-refractivity contribution in [1.29, 1.82) is 5.26 Å². The van der Waals surface area contributed by atoms with Gasteiger partial charge < -0.3 is 10.2 Å². The van der Waals surface area contributed by atoms with Crippen molar-refractivity contribution in [3.63, 3.8) is 0 Å². The van der Waals surface area contributed by atoms with Crippen LogP contribution >= 0.6 is 15.9 Å². The fourth-order valence-corrected chi connectivity index (χ4v) is 4.34. The van der Waals surface area contributed by atoms with Gasteiger partial charge in [0.1, 0.15) is 17.5 Å². The zero-order valence-electron chi connectivity index (χ0n) is 18.1. The lowest BCUT2D eigenvalue weighted by Crippen LogP contribution is -2.50. The maximum absolute atomic E-state index is 13.0. The largest absolute Gasteiger partial charge is 0.345 e. The molecule has 1 saturated heterocycles. The van der Waals surface area contributed by atoms with Gasteiger partial charge in [0.2, 0.25) is 0 Å². The molecule has 0 unspecified atom stereocenters. The first-order chi connectivity index (χ1) is 16.2. The van der Waals surface area contributed by atoms with Crippen molar-refractivity contribution in [1.82, 2.24) is 14.8 Å². The number of benzene rings is 2. The third-order valence-corrected chi connectivity index (χ3v) is 6.13. The van der Waals surface area contributed by atoms with Gasteiger partial charge in [0.05, 0.1) is 6.04 Å². The number of carbonyl (C=O) groups is 1. The number of carbonyl (C=O) groups excluding carboxylic acids is 1. The van der Waals surface area contributed by atoms with Crippen LogP contribution in [0.4, 0.5) is 5.82 Å². The van der Waals surface area contributed by atoms with E-state index in [-0.39, 0.29) is 17.5 Å². The highest BCUT2D eigenvalue weighted by Gasteiger charge is 2.29. The second-order valence-corrected chi connectivity index (χ2v) is 8.64. The van der Waals surface area contributed by atoms with E-state index in [1.54, 1.807) is 17.2 Å². The molecule has 7 heteroatoms. The molecule has 1 aliphatic heterocycles. The van der Waals surface area contributed by atoms with Gasteiger partial charge in [-0.05, 0) is 23.3 Å². The normalized spacial score (nSPS) is 14.7. The van der Waals surface area contributed by atoms with Crippen LogP contribution < -0.4 is 5.32 Å². The standard InChI is InChI=1S/C26H24BrN5O/c27-23-11-12-29-24(17-23)30-19-22(18-28)26(33)32-15-13-31(14-16-32)25(20-7-3-1-4-8-20)21-9-5-2-6-10-21/h1-12,17,19,25H,13-16H2,(H,29,30)/b22-19-. The Labute approximate surface area is 202 Å². The summed E-state index contributed by atoms with van der Waals surface area (Å²) in [5.74, 6) is 0.291. The zero-order chi connectivity index (χ0) is 23.0. The van der Waals surface area contributed by atoms with Crippen molar-refractivity contribution in [3.8, 4) is 6.07 Å². The Hall–Kier alpha value is -3.47. The lowest BCUT2D eigenvalue weighted by molar-refractivity contribution is -0.128. The van der Waals surface area contributed by atoms with Crippen LogP contribution in [0, 0.1) is 11.3 Å². The SMILES string of the molecule is N#C/C(=C/Nc1cc(Br)ccn1)C(=O)N1CCN(C(c2ccccc2)c2ccccc2)CC1. The van der Waals surface area contributed by atoms with Crippen LogP contribution in [0.3, 0.4) is 0 Å². The summed E-state index contributed by atoms with van der Waals surface area (Å²) in [6.45, 7) is 2.56. The van der Waals surface area contributed by atoms with E-state index in [0.717, 1.165) is 17.6 Å². The number of nitrogens with one attached hydrogen (secondary N) is 1. The second-order valence-electron chi connectivity index (χ2n) is 7.73. The molecule has 2 heterocycles. The quantitative estimate of drug-likeness (QED) is 0.394. The zero-order valence-corrected chi connectivity index (χ0v) is 19.6. The van der Waals surface area contributed by atoms with E-state index >= 15 is 0 Å². The van der Waals surface area contributed by atoms with Crippen LogP contribution in [-0.2, 0) is 4.79 Å². The van der Waals surface area contributed by atoms with Gasteiger partial charge in [-0.15, -0.1) is 0 Å². The summed E-state index contributed by atoms with van der Waals surface area (Å²) in [6, 6.07) is 26.6. The summed E-state index contributed by atoms with van der Waals surface area (Å²) in [5.41, 5.74) is 2.52. The third-order valence-electron chi connectivity index (χ3n) is 5.63.